The van der Waals surface area contributed by atoms with Crippen molar-refractivity contribution in [2.75, 3.05) is 37.7 Å². The number of nitrogens with one attached hydrogen (secondary N) is 1. The van der Waals surface area contributed by atoms with Gasteiger partial charge in [0, 0.05) is 32.2 Å². The minimum Gasteiger partial charge on any atom is -0.465 e. The highest BCUT2D eigenvalue weighted by Gasteiger charge is 2.18. The van der Waals surface area contributed by atoms with E-state index in [2.05, 4.69) is 30.8 Å². The summed E-state index contributed by atoms with van der Waals surface area (Å²) in [5.41, 5.74) is 0. The second kappa shape index (κ2) is 6.52. The third-order valence-electron chi connectivity index (χ3n) is 3.19. The molecule has 0 radical (unpaired) electrons. The third kappa shape index (κ3) is 3.22. The maximum atomic E-state index is 11.4. The van der Waals surface area contributed by atoms with E-state index in [-0.39, 0.29) is 12.4 Å². The number of carbonyl (C=O) groups is 1. The molecule has 3 heterocycles. The van der Waals surface area contributed by atoms with Crippen LogP contribution in [0.3, 0.4) is 0 Å². The molecule has 0 atom stereocenters. The van der Waals surface area contributed by atoms with E-state index in [9.17, 15) is 4.79 Å². The molecule has 0 unspecified atom stereocenters. The molecule has 0 spiro atoms. The number of esters is 1. The highest BCUT2D eigenvalue weighted by molar-refractivity contribution is 5.68. The average molecular weight is 307 g/mol. The number of aromatic nitrogens is 5. The first kappa shape index (κ1) is 14.4. The summed E-state index contributed by atoms with van der Waals surface area (Å²) in [6.07, 6.45) is 0. The molecular formula is C12H17N7O3. The van der Waals surface area contributed by atoms with E-state index < -0.39 is 5.97 Å². The molecule has 10 nitrogen and oxygen atoms in total. The monoisotopic (exact) mass is 307 g/mol. The van der Waals surface area contributed by atoms with Gasteiger partial charge >= 0.3 is 5.97 Å². The quantitative estimate of drug-likeness (QED) is 0.717. The van der Waals surface area contributed by atoms with Crippen LogP contribution in [0, 0.1) is 0 Å². The Morgan fingerprint density at radius 2 is 2.27 bits per heavy atom. The summed E-state index contributed by atoms with van der Waals surface area (Å²) < 4.78 is 10.1. The summed E-state index contributed by atoms with van der Waals surface area (Å²) in [6.45, 7) is 5.54. The fraction of sp³-hybridized carbons (Fsp3) is 0.583. The van der Waals surface area contributed by atoms with E-state index in [1.165, 1.54) is 4.80 Å². The van der Waals surface area contributed by atoms with Crippen LogP contribution < -0.4 is 10.2 Å². The Labute approximate surface area is 126 Å². The second-order valence-corrected chi connectivity index (χ2v) is 4.73. The maximum Gasteiger partial charge on any atom is 0.329 e. The zero-order valence-electron chi connectivity index (χ0n) is 12.2. The number of piperazine rings is 1. The second-order valence-electron chi connectivity index (χ2n) is 4.73. The number of hydrogen-bond donors (Lipinski definition) is 1. The summed E-state index contributed by atoms with van der Waals surface area (Å²) in [4.78, 5) is 14.7. The van der Waals surface area contributed by atoms with Gasteiger partial charge in [-0.2, -0.15) is 4.80 Å². The standard InChI is InChI=1S/C12H17N7O3/c1-2-21-11(20)8-19-15-12(14-17-19)9-7-10(16-22-9)18-5-3-13-4-6-18/h7,13H,2-6,8H2,1H3. The lowest BCUT2D eigenvalue weighted by atomic mass is 10.3. The van der Waals surface area contributed by atoms with Crippen LogP contribution in [0.15, 0.2) is 10.6 Å². The maximum absolute atomic E-state index is 11.4. The first-order chi connectivity index (χ1) is 10.8. The molecule has 1 fully saturated rings. The number of ether oxygens (including phenoxy) is 1. The molecule has 2 aromatic heterocycles. The Kier molecular flexibility index (Phi) is 4.28. The van der Waals surface area contributed by atoms with Gasteiger partial charge in [-0.15, -0.1) is 10.2 Å². The summed E-state index contributed by atoms with van der Waals surface area (Å²) in [5, 5.41) is 19.1. The Morgan fingerprint density at radius 1 is 1.45 bits per heavy atom. The summed E-state index contributed by atoms with van der Waals surface area (Å²) in [7, 11) is 0. The predicted molar refractivity (Wildman–Crippen MR) is 75.0 cm³/mol. The molecule has 1 aliphatic heterocycles. The van der Waals surface area contributed by atoms with Crippen molar-refractivity contribution in [3.8, 4) is 11.6 Å². The van der Waals surface area contributed by atoms with Gasteiger partial charge in [-0.25, -0.2) is 4.79 Å². The van der Waals surface area contributed by atoms with Gasteiger partial charge in [0.1, 0.15) is 0 Å². The van der Waals surface area contributed by atoms with Crippen molar-refractivity contribution < 1.29 is 14.1 Å². The topological polar surface area (TPSA) is 111 Å². The van der Waals surface area contributed by atoms with E-state index in [4.69, 9.17) is 9.26 Å². The predicted octanol–water partition coefficient (Wildman–Crippen LogP) is -0.699. The Morgan fingerprint density at radius 3 is 3.05 bits per heavy atom. The molecule has 0 aliphatic carbocycles. The minimum atomic E-state index is -0.412. The number of nitrogens with zero attached hydrogens (tertiary/aromatic N) is 6. The van der Waals surface area contributed by atoms with Crippen LogP contribution in [0.4, 0.5) is 5.82 Å². The fourth-order valence-corrected chi connectivity index (χ4v) is 2.15. The molecule has 1 N–H and O–H groups in total. The zero-order valence-corrected chi connectivity index (χ0v) is 12.2. The molecule has 3 rings (SSSR count). The van der Waals surface area contributed by atoms with E-state index in [1.54, 1.807) is 13.0 Å². The van der Waals surface area contributed by atoms with Crippen molar-refractivity contribution in [1.82, 2.24) is 30.7 Å². The molecule has 0 bridgehead atoms. The molecular weight excluding hydrogens is 290 g/mol. The Balaban J connectivity index is 1.68. The number of tetrazole rings is 1. The van der Waals surface area contributed by atoms with Gasteiger partial charge in [-0.05, 0) is 12.1 Å². The van der Waals surface area contributed by atoms with E-state index in [0.29, 0.717) is 12.4 Å². The van der Waals surface area contributed by atoms with Gasteiger partial charge in [0.25, 0.3) is 0 Å². The smallest absolute Gasteiger partial charge is 0.329 e. The molecule has 22 heavy (non-hydrogen) atoms. The van der Waals surface area contributed by atoms with Gasteiger partial charge in [0.05, 0.1) is 6.61 Å². The third-order valence-corrected chi connectivity index (χ3v) is 3.19. The lowest BCUT2D eigenvalue weighted by molar-refractivity contribution is -0.144. The van der Waals surface area contributed by atoms with E-state index in [0.717, 1.165) is 32.0 Å². The van der Waals surface area contributed by atoms with Crippen LogP contribution in [0.5, 0.6) is 0 Å². The molecule has 0 saturated carbocycles. The van der Waals surface area contributed by atoms with Gasteiger partial charge in [-0.1, -0.05) is 5.16 Å². The molecule has 0 amide bonds. The van der Waals surface area contributed by atoms with Gasteiger partial charge < -0.3 is 19.5 Å². The fourth-order valence-electron chi connectivity index (χ4n) is 2.15. The first-order valence-corrected chi connectivity index (χ1v) is 7.12. The van der Waals surface area contributed by atoms with Crippen molar-refractivity contribution >= 4 is 11.8 Å². The van der Waals surface area contributed by atoms with Crippen LogP contribution in [0.25, 0.3) is 11.6 Å². The zero-order chi connectivity index (χ0) is 15.4. The first-order valence-electron chi connectivity index (χ1n) is 7.12. The summed E-state index contributed by atoms with van der Waals surface area (Å²) in [6, 6.07) is 1.77. The molecule has 10 heteroatoms. The molecule has 2 aromatic rings. The van der Waals surface area contributed by atoms with Gasteiger partial charge in [0.2, 0.25) is 11.6 Å². The van der Waals surface area contributed by atoms with Crippen LogP contribution in [0.2, 0.25) is 0 Å². The average Bonchev–Trinajstić information content (AvgIpc) is 3.17. The number of hydrogen-bond acceptors (Lipinski definition) is 9. The van der Waals surface area contributed by atoms with Crippen LogP contribution in [-0.2, 0) is 16.1 Å². The summed E-state index contributed by atoms with van der Waals surface area (Å²) in [5.74, 6) is 1.05. The molecule has 1 aliphatic rings. The van der Waals surface area contributed by atoms with Crippen molar-refractivity contribution in [1.29, 1.82) is 0 Å². The minimum absolute atomic E-state index is 0.0837. The van der Waals surface area contributed by atoms with Crippen LogP contribution in [-0.4, -0.2) is 64.1 Å². The van der Waals surface area contributed by atoms with Gasteiger partial charge in [-0.3, -0.25) is 0 Å². The van der Waals surface area contributed by atoms with Crippen LogP contribution >= 0.6 is 0 Å². The molecule has 1 saturated heterocycles. The Hall–Kier alpha value is -2.49. The van der Waals surface area contributed by atoms with Gasteiger partial charge in [0.15, 0.2) is 12.4 Å². The molecule has 0 aromatic carbocycles. The highest BCUT2D eigenvalue weighted by Crippen LogP contribution is 2.21. The normalized spacial score (nSPS) is 15.0. The summed E-state index contributed by atoms with van der Waals surface area (Å²) >= 11 is 0. The van der Waals surface area contributed by atoms with Crippen molar-refractivity contribution in [2.24, 2.45) is 0 Å². The lowest BCUT2D eigenvalue weighted by Crippen LogP contribution is -2.43. The number of carbonyl (C=O) groups excluding carboxylic acids is 1. The van der Waals surface area contributed by atoms with Crippen molar-refractivity contribution in [3.63, 3.8) is 0 Å². The van der Waals surface area contributed by atoms with Crippen molar-refractivity contribution in [3.05, 3.63) is 6.07 Å². The van der Waals surface area contributed by atoms with E-state index >= 15 is 0 Å². The largest absolute Gasteiger partial charge is 0.465 e. The van der Waals surface area contributed by atoms with Crippen molar-refractivity contribution in [2.45, 2.75) is 13.5 Å². The number of anilines is 1. The SMILES string of the molecule is CCOC(=O)Cn1nnc(-c2cc(N3CCNCC3)no2)n1. The Bertz CT molecular complexity index is 632. The van der Waals surface area contributed by atoms with Crippen LogP contribution in [0.1, 0.15) is 6.92 Å². The molecule has 118 valence electrons. The van der Waals surface area contributed by atoms with E-state index in [1.807, 2.05) is 0 Å². The lowest BCUT2D eigenvalue weighted by Gasteiger charge is -2.26. The number of rotatable bonds is 5. The highest BCUT2D eigenvalue weighted by atomic mass is 16.5.